The zero-order valence-electron chi connectivity index (χ0n) is 20.2. The normalized spacial score (nSPS) is 16.1. The minimum Gasteiger partial charge on any atom is -0.488 e. The van der Waals surface area contributed by atoms with Gasteiger partial charge in [0.05, 0.1) is 9.83 Å². The lowest BCUT2D eigenvalue weighted by Crippen LogP contribution is -2.44. The van der Waals surface area contributed by atoms with E-state index in [4.69, 9.17) is 4.74 Å². The van der Waals surface area contributed by atoms with Crippen LogP contribution in [-0.4, -0.2) is 44.9 Å². The molecular formula is C28H23N3O6S. The molecule has 2 aliphatic heterocycles. The summed E-state index contributed by atoms with van der Waals surface area (Å²) in [6, 6.07) is 21.0. The molecule has 9 nitrogen and oxygen atoms in total. The van der Waals surface area contributed by atoms with Crippen molar-refractivity contribution < 1.29 is 24.0 Å². The molecule has 3 amide bonds. The number of nitro benzene ring substituents is 1. The molecule has 10 heteroatoms. The van der Waals surface area contributed by atoms with Crippen LogP contribution in [0.2, 0.25) is 0 Å². The van der Waals surface area contributed by atoms with Gasteiger partial charge in [-0.2, -0.15) is 0 Å². The van der Waals surface area contributed by atoms with E-state index >= 15 is 0 Å². The van der Waals surface area contributed by atoms with E-state index in [0.29, 0.717) is 24.4 Å². The lowest BCUT2D eigenvalue weighted by Gasteiger charge is -2.29. The van der Waals surface area contributed by atoms with Gasteiger partial charge in [-0.3, -0.25) is 29.4 Å². The number of benzene rings is 3. The van der Waals surface area contributed by atoms with E-state index in [9.17, 15) is 24.5 Å². The molecule has 0 spiro atoms. The molecule has 3 aromatic carbocycles. The Hall–Kier alpha value is -4.44. The van der Waals surface area contributed by atoms with Crippen molar-refractivity contribution in [1.82, 2.24) is 9.80 Å². The Morgan fingerprint density at radius 3 is 2.47 bits per heavy atom. The van der Waals surface area contributed by atoms with Crippen LogP contribution < -0.4 is 4.74 Å². The van der Waals surface area contributed by atoms with Gasteiger partial charge in [0.1, 0.15) is 18.9 Å². The number of non-ortho nitro benzene ring substituents is 1. The average Bonchev–Trinajstić information content (AvgIpc) is 3.19. The number of carbonyl (C=O) groups is 3. The number of carbonyl (C=O) groups excluding carboxylic acids is 3. The standard InChI is InChI=1S/C28H23N3O6S/c32-26(29-14-13-20-5-1-2-7-22(20)16-29)17-30-27(33)25(38-28(30)34)15-21-6-3-4-8-24(21)37-18-19-9-11-23(12-10-19)31(35)36/h1-12,15H,13-14,16-18H2/b25-15-. The molecule has 0 unspecified atom stereocenters. The van der Waals surface area contributed by atoms with E-state index in [0.717, 1.165) is 34.2 Å². The van der Waals surface area contributed by atoms with E-state index in [1.54, 1.807) is 47.4 Å². The third-order valence-corrected chi connectivity index (χ3v) is 7.30. The fourth-order valence-electron chi connectivity index (χ4n) is 4.33. The Labute approximate surface area is 222 Å². The smallest absolute Gasteiger partial charge is 0.294 e. The first kappa shape index (κ1) is 25.2. The van der Waals surface area contributed by atoms with Crippen molar-refractivity contribution in [3.63, 3.8) is 0 Å². The Bertz CT molecular complexity index is 1450. The summed E-state index contributed by atoms with van der Waals surface area (Å²) < 4.78 is 5.90. The number of amides is 3. The van der Waals surface area contributed by atoms with Gasteiger partial charge in [0, 0.05) is 30.8 Å². The summed E-state index contributed by atoms with van der Waals surface area (Å²) in [5.41, 5.74) is 3.61. The summed E-state index contributed by atoms with van der Waals surface area (Å²) in [5.74, 6) is -0.300. The van der Waals surface area contributed by atoms with Gasteiger partial charge in [-0.25, -0.2) is 0 Å². The molecule has 2 aliphatic rings. The van der Waals surface area contributed by atoms with Crippen molar-refractivity contribution in [3.05, 3.63) is 110 Å². The number of nitrogens with zero attached hydrogens (tertiary/aromatic N) is 3. The average molecular weight is 530 g/mol. The van der Waals surface area contributed by atoms with Gasteiger partial charge in [0.15, 0.2) is 0 Å². The van der Waals surface area contributed by atoms with Crippen molar-refractivity contribution in [2.45, 2.75) is 19.6 Å². The minimum atomic E-state index is -0.518. The maximum atomic E-state index is 13.1. The zero-order chi connectivity index (χ0) is 26.6. The molecule has 5 rings (SSSR count). The zero-order valence-corrected chi connectivity index (χ0v) is 21.1. The molecule has 3 aromatic rings. The summed E-state index contributed by atoms with van der Waals surface area (Å²) in [4.78, 5) is 51.9. The minimum absolute atomic E-state index is 0.00606. The summed E-state index contributed by atoms with van der Waals surface area (Å²) in [7, 11) is 0. The Kier molecular flexibility index (Phi) is 7.23. The number of hydrogen-bond acceptors (Lipinski definition) is 7. The summed E-state index contributed by atoms with van der Waals surface area (Å²) in [6.07, 6.45) is 2.32. The highest BCUT2D eigenvalue weighted by molar-refractivity contribution is 8.18. The van der Waals surface area contributed by atoms with Crippen molar-refractivity contribution in [1.29, 1.82) is 0 Å². The number of rotatable bonds is 7. The lowest BCUT2D eigenvalue weighted by atomic mass is 10.00. The number of thioether (sulfide) groups is 1. The number of imide groups is 1. The maximum absolute atomic E-state index is 13.1. The Balaban J connectivity index is 1.25. The quantitative estimate of drug-likeness (QED) is 0.246. The molecule has 0 aromatic heterocycles. The van der Waals surface area contributed by atoms with Gasteiger partial charge >= 0.3 is 0 Å². The highest BCUT2D eigenvalue weighted by Crippen LogP contribution is 2.34. The summed E-state index contributed by atoms with van der Waals surface area (Å²) in [5, 5.41) is 10.4. The van der Waals surface area contributed by atoms with Crippen LogP contribution in [0.15, 0.2) is 77.7 Å². The topological polar surface area (TPSA) is 110 Å². The number of fused-ring (bicyclic) bond motifs is 1. The van der Waals surface area contributed by atoms with Crippen LogP contribution in [0.1, 0.15) is 22.3 Å². The molecule has 38 heavy (non-hydrogen) atoms. The number of nitro groups is 1. The largest absolute Gasteiger partial charge is 0.488 e. The second-order valence-corrected chi connectivity index (χ2v) is 9.85. The first-order chi connectivity index (χ1) is 18.4. The van der Waals surface area contributed by atoms with E-state index in [1.165, 1.54) is 17.7 Å². The molecule has 0 atom stereocenters. The number of ether oxygens (including phenoxy) is 1. The van der Waals surface area contributed by atoms with E-state index < -0.39 is 16.1 Å². The molecule has 1 fully saturated rings. The molecule has 1 saturated heterocycles. The predicted octanol–water partition coefficient (Wildman–Crippen LogP) is 4.80. The number of hydrogen-bond donors (Lipinski definition) is 0. The van der Waals surface area contributed by atoms with Crippen LogP contribution >= 0.6 is 11.8 Å². The van der Waals surface area contributed by atoms with Crippen molar-refractivity contribution in [3.8, 4) is 5.75 Å². The second-order valence-electron chi connectivity index (χ2n) is 8.85. The molecule has 0 N–H and O–H groups in total. The molecule has 0 radical (unpaired) electrons. The maximum Gasteiger partial charge on any atom is 0.294 e. The van der Waals surface area contributed by atoms with Crippen molar-refractivity contribution in [2.24, 2.45) is 0 Å². The SMILES string of the molecule is O=C(CN1C(=O)S/C(=C\c2ccccc2OCc2ccc([N+](=O)[O-])cc2)C1=O)N1CCc2ccccc2C1. The molecule has 0 saturated carbocycles. The summed E-state index contributed by atoms with van der Waals surface area (Å²) in [6.45, 7) is 0.863. The molecule has 2 heterocycles. The van der Waals surface area contributed by atoms with Crippen LogP contribution in [0, 0.1) is 10.1 Å². The first-order valence-electron chi connectivity index (χ1n) is 11.9. The van der Waals surface area contributed by atoms with Gasteiger partial charge in [-0.15, -0.1) is 0 Å². The van der Waals surface area contributed by atoms with E-state index in [1.807, 2.05) is 24.3 Å². The number of para-hydroxylation sites is 1. The fraction of sp³-hybridized carbons (Fsp3) is 0.179. The van der Waals surface area contributed by atoms with Gasteiger partial charge in [-0.05, 0) is 59.1 Å². The third-order valence-electron chi connectivity index (χ3n) is 6.40. The van der Waals surface area contributed by atoms with Crippen molar-refractivity contribution in [2.75, 3.05) is 13.1 Å². The van der Waals surface area contributed by atoms with Crippen molar-refractivity contribution >= 4 is 40.6 Å². The van der Waals surface area contributed by atoms with Crippen LogP contribution in [0.25, 0.3) is 6.08 Å². The van der Waals surface area contributed by atoms with Crippen LogP contribution in [0.4, 0.5) is 10.5 Å². The molecule has 0 bridgehead atoms. The highest BCUT2D eigenvalue weighted by Gasteiger charge is 2.37. The summed E-state index contributed by atoms with van der Waals surface area (Å²) >= 11 is 0.790. The van der Waals surface area contributed by atoms with Crippen LogP contribution in [-0.2, 0) is 29.2 Å². The van der Waals surface area contributed by atoms with Crippen LogP contribution in [0.5, 0.6) is 5.75 Å². The van der Waals surface area contributed by atoms with Gasteiger partial charge in [0.25, 0.3) is 16.8 Å². The van der Waals surface area contributed by atoms with E-state index in [-0.39, 0.29) is 29.7 Å². The van der Waals surface area contributed by atoms with Crippen LogP contribution in [0.3, 0.4) is 0 Å². The Morgan fingerprint density at radius 1 is 1.00 bits per heavy atom. The third kappa shape index (κ3) is 5.45. The van der Waals surface area contributed by atoms with E-state index in [2.05, 4.69) is 0 Å². The first-order valence-corrected chi connectivity index (χ1v) is 12.8. The highest BCUT2D eigenvalue weighted by atomic mass is 32.2. The van der Waals surface area contributed by atoms with Gasteiger partial charge in [0.2, 0.25) is 5.91 Å². The van der Waals surface area contributed by atoms with Gasteiger partial charge in [-0.1, -0.05) is 42.5 Å². The monoisotopic (exact) mass is 529 g/mol. The molecular weight excluding hydrogens is 506 g/mol. The fourth-order valence-corrected chi connectivity index (χ4v) is 5.16. The molecule has 0 aliphatic carbocycles. The predicted molar refractivity (Wildman–Crippen MR) is 142 cm³/mol. The lowest BCUT2D eigenvalue weighted by molar-refractivity contribution is -0.384. The Morgan fingerprint density at radius 2 is 1.71 bits per heavy atom. The van der Waals surface area contributed by atoms with Gasteiger partial charge < -0.3 is 9.64 Å². The molecule has 192 valence electrons. The second kappa shape index (κ2) is 10.9.